The average molecular weight is 591 g/mol. The van der Waals surface area contributed by atoms with Crippen molar-refractivity contribution in [2.45, 2.75) is 64.7 Å². The number of aliphatic hydroxyl groups is 2. The molecule has 42 heavy (non-hydrogen) atoms. The number of carbonyl (C=O) groups excluding carboxylic acids is 1. The second-order valence-electron chi connectivity index (χ2n) is 9.01. The summed E-state index contributed by atoms with van der Waals surface area (Å²) in [5.41, 5.74) is -1.92. The zero-order valence-corrected chi connectivity index (χ0v) is 23.8. The van der Waals surface area contributed by atoms with Crippen LogP contribution in [-0.2, 0) is 14.2 Å². The van der Waals surface area contributed by atoms with Gasteiger partial charge in [-0.25, -0.2) is 14.4 Å². The number of aromatic nitrogens is 4. The van der Waals surface area contributed by atoms with Gasteiger partial charge < -0.3 is 24.4 Å². The Labute approximate surface area is 241 Å². The number of hydrogen-bond acceptors (Lipinski definition) is 10. The van der Waals surface area contributed by atoms with Gasteiger partial charge in [-0.3, -0.25) is 28.7 Å². The molecular formula is C28H38N4O10. The Hall–Kier alpha value is -4.11. The summed E-state index contributed by atoms with van der Waals surface area (Å²) in [5, 5.41) is 18.5. The molecule has 3 aromatic rings. The maximum Gasteiger partial charge on any atom is 0.338 e. The summed E-state index contributed by atoms with van der Waals surface area (Å²) >= 11 is 0. The van der Waals surface area contributed by atoms with Gasteiger partial charge in [0.25, 0.3) is 11.1 Å². The van der Waals surface area contributed by atoms with Crippen LogP contribution in [-0.4, -0.2) is 67.3 Å². The molecule has 0 unspecified atom stereocenters. The van der Waals surface area contributed by atoms with Crippen LogP contribution in [0.1, 0.15) is 62.8 Å². The van der Waals surface area contributed by atoms with E-state index in [2.05, 4.69) is 9.97 Å². The van der Waals surface area contributed by atoms with Crippen molar-refractivity contribution in [3.63, 3.8) is 0 Å². The molecule has 0 saturated heterocycles. The highest BCUT2D eigenvalue weighted by molar-refractivity contribution is 5.89. The van der Waals surface area contributed by atoms with Crippen LogP contribution in [0.5, 0.6) is 0 Å². The van der Waals surface area contributed by atoms with Crippen molar-refractivity contribution in [2.75, 3.05) is 19.8 Å². The molecule has 0 aliphatic rings. The average Bonchev–Trinajstić information content (AvgIpc) is 2.99. The van der Waals surface area contributed by atoms with E-state index < -0.39 is 47.0 Å². The predicted molar refractivity (Wildman–Crippen MR) is 152 cm³/mol. The number of aromatic amines is 2. The minimum Gasteiger partial charge on any atom is -0.457 e. The van der Waals surface area contributed by atoms with Crippen LogP contribution in [0.2, 0.25) is 0 Å². The molecule has 0 aliphatic carbocycles. The van der Waals surface area contributed by atoms with Gasteiger partial charge in [-0.2, -0.15) is 0 Å². The van der Waals surface area contributed by atoms with E-state index in [1.54, 1.807) is 30.3 Å². The minimum atomic E-state index is -0.978. The standard InChI is InChI=1S/C17H20N2O6.C11H18N2O4/c1-2-13(10-20)25-15(19-9-8-14(21)18-17(19)23)11-24-16(22)12-6-4-3-5-7-12;1-3-8(4-2)17-10(7-14)13-6-5-9(15)12-11(13)16/h3-9,13,15,20H,2,10-11H2,1H3,(H,18,21,23);5-6,8,10,14H,3-4,7H2,1-2H3,(H,12,15,16)/t13-,15-;10-/m11/s1. The van der Waals surface area contributed by atoms with Crippen molar-refractivity contribution < 1.29 is 29.2 Å². The second-order valence-corrected chi connectivity index (χ2v) is 9.01. The Kier molecular flexibility index (Phi) is 14.3. The maximum atomic E-state index is 12.1. The van der Waals surface area contributed by atoms with Crippen LogP contribution in [0.3, 0.4) is 0 Å². The summed E-state index contributed by atoms with van der Waals surface area (Å²) < 4.78 is 18.8. The summed E-state index contributed by atoms with van der Waals surface area (Å²) in [7, 11) is 0. The molecule has 4 N–H and O–H groups in total. The van der Waals surface area contributed by atoms with E-state index in [1.807, 2.05) is 20.8 Å². The fourth-order valence-corrected chi connectivity index (χ4v) is 3.69. The molecule has 0 fully saturated rings. The van der Waals surface area contributed by atoms with E-state index in [4.69, 9.17) is 14.2 Å². The van der Waals surface area contributed by atoms with E-state index in [0.29, 0.717) is 12.0 Å². The number of ether oxygens (including phenoxy) is 3. The summed E-state index contributed by atoms with van der Waals surface area (Å²) in [6, 6.07) is 10.8. The van der Waals surface area contributed by atoms with Crippen LogP contribution < -0.4 is 22.5 Å². The summed E-state index contributed by atoms with van der Waals surface area (Å²) in [6.45, 7) is 4.93. The summed E-state index contributed by atoms with van der Waals surface area (Å²) in [4.78, 5) is 61.9. The normalized spacial score (nSPS) is 13.1. The maximum absolute atomic E-state index is 12.1. The third-order valence-electron chi connectivity index (χ3n) is 6.11. The van der Waals surface area contributed by atoms with E-state index in [-0.39, 0.29) is 25.9 Å². The lowest BCUT2D eigenvalue weighted by Crippen LogP contribution is -2.37. The minimum absolute atomic E-state index is 0.0222. The monoisotopic (exact) mass is 590 g/mol. The van der Waals surface area contributed by atoms with Crippen LogP contribution in [0, 0.1) is 0 Å². The third-order valence-corrected chi connectivity index (χ3v) is 6.11. The molecule has 230 valence electrons. The molecule has 2 heterocycles. The first-order valence-electron chi connectivity index (χ1n) is 13.5. The predicted octanol–water partition coefficient (Wildman–Crippen LogP) is 0.912. The molecule has 3 atom stereocenters. The molecule has 2 aromatic heterocycles. The number of aliphatic hydroxyl groups excluding tert-OH is 2. The van der Waals surface area contributed by atoms with Gasteiger partial charge in [-0.1, -0.05) is 39.0 Å². The van der Waals surface area contributed by atoms with E-state index in [9.17, 15) is 34.2 Å². The molecule has 14 heteroatoms. The van der Waals surface area contributed by atoms with Crippen molar-refractivity contribution in [3.8, 4) is 0 Å². The van der Waals surface area contributed by atoms with E-state index >= 15 is 0 Å². The van der Waals surface area contributed by atoms with E-state index in [1.165, 1.54) is 23.0 Å². The van der Waals surface area contributed by atoms with Gasteiger partial charge in [0.15, 0.2) is 12.5 Å². The fourth-order valence-electron chi connectivity index (χ4n) is 3.69. The Bertz CT molecular complexity index is 1460. The zero-order valence-electron chi connectivity index (χ0n) is 23.8. The highest BCUT2D eigenvalue weighted by Crippen LogP contribution is 2.14. The van der Waals surface area contributed by atoms with Gasteiger partial charge in [-0.05, 0) is 31.4 Å². The lowest BCUT2D eigenvalue weighted by atomic mass is 10.2. The number of benzene rings is 1. The third kappa shape index (κ3) is 10.4. The number of rotatable bonds is 14. The number of H-pyrrole nitrogens is 2. The Morgan fingerprint density at radius 2 is 1.24 bits per heavy atom. The van der Waals surface area contributed by atoms with Gasteiger partial charge in [0.05, 0.1) is 31.0 Å². The van der Waals surface area contributed by atoms with Crippen LogP contribution in [0.15, 0.2) is 74.0 Å². The number of nitrogens with zero attached hydrogens (tertiary/aromatic N) is 2. The molecule has 0 bridgehead atoms. The number of carbonyl (C=O) groups is 1. The molecule has 3 rings (SSSR count). The number of esters is 1. The van der Waals surface area contributed by atoms with Gasteiger partial charge >= 0.3 is 17.3 Å². The summed E-state index contributed by atoms with van der Waals surface area (Å²) in [6.07, 6.45) is 2.37. The Morgan fingerprint density at radius 3 is 1.69 bits per heavy atom. The number of hydrogen-bond donors (Lipinski definition) is 4. The van der Waals surface area contributed by atoms with Crippen molar-refractivity contribution >= 4 is 5.97 Å². The van der Waals surface area contributed by atoms with Crippen molar-refractivity contribution in [1.29, 1.82) is 0 Å². The molecule has 0 amide bonds. The van der Waals surface area contributed by atoms with Gasteiger partial charge in [0, 0.05) is 24.5 Å². The quantitative estimate of drug-likeness (QED) is 0.196. The topological polar surface area (TPSA) is 195 Å². The first-order chi connectivity index (χ1) is 20.2. The van der Waals surface area contributed by atoms with Gasteiger partial charge in [0.2, 0.25) is 0 Å². The SMILES string of the molecule is CCC(CC)O[C@H](CO)n1ccc(=O)[nH]c1=O.CC[C@H](CO)O[C@H](COC(=O)c1ccccc1)n1ccc(=O)[nH]c1=O. The van der Waals surface area contributed by atoms with Crippen LogP contribution >= 0.6 is 0 Å². The van der Waals surface area contributed by atoms with E-state index in [0.717, 1.165) is 23.5 Å². The highest BCUT2D eigenvalue weighted by Gasteiger charge is 2.21. The van der Waals surface area contributed by atoms with Crippen LogP contribution in [0.4, 0.5) is 0 Å². The molecule has 0 spiro atoms. The van der Waals surface area contributed by atoms with Crippen molar-refractivity contribution in [2.24, 2.45) is 0 Å². The lowest BCUT2D eigenvalue weighted by molar-refractivity contribution is -0.102. The lowest BCUT2D eigenvalue weighted by Gasteiger charge is -2.24. The smallest absolute Gasteiger partial charge is 0.338 e. The van der Waals surface area contributed by atoms with Gasteiger partial charge in [-0.15, -0.1) is 0 Å². The van der Waals surface area contributed by atoms with Gasteiger partial charge in [0.1, 0.15) is 6.61 Å². The first kappa shape index (κ1) is 34.1. The number of nitrogens with one attached hydrogen (secondary N) is 2. The molecule has 0 aliphatic heterocycles. The highest BCUT2D eigenvalue weighted by atomic mass is 16.6. The zero-order chi connectivity index (χ0) is 31.1. The molecule has 0 saturated carbocycles. The molecular weight excluding hydrogens is 552 g/mol. The van der Waals surface area contributed by atoms with Crippen molar-refractivity contribution in [3.05, 3.63) is 102 Å². The molecule has 1 aromatic carbocycles. The molecule has 14 nitrogen and oxygen atoms in total. The first-order valence-corrected chi connectivity index (χ1v) is 13.5. The fraction of sp³-hybridized carbons (Fsp3) is 0.464. The Morgan fingerprint density at radius 1 is 0.738 bits per heavy atom. The van der Waals surface area contributed by atoms with Crippen LogP contribution in [0.25, 0.3) is 0 Å². The Balaban J connectivity index is 0.000000317. The molecule has 0 radical (unpaired) electrons. The second kappa shape index (κ2) is 17.6. The van der Waals surface area contributed by atoms with Crippen molar-refractivity contribution in [1.82, 2.24) is 19.1 Å². The largest absolute Gasteiger partial charge is 0.457 e. The summed E-state index contributed by atoms with van der Waals surface area (Å²) in [5.74, 6) is -0.566.